The van der Waals surface area contributed by atoms with E-state index in [1.54, 1.807) is 4.90 Å². The van der Waals surface area contributed by atoms with Gasteiger partial charge in [-0.15, -0.1) is 0 Å². The van der Waals surface area contributed by atoms with E-state index in [0.29, 0.717) is 31.7 Å². The number of carbonyl (C=O) groups is 3. The number of benzene rings is 1. The van der Waals surface area contributed by atoms with E-state index in [9.17, 15) is 19.5 Å². The number of aliphatic carboxylic acids is 1. The summed E-state index contributed by atoms with van der Waals surface area (Å²) in [5, 5.41) is 9.33. The molecule has 0 saturated carbocycles. The molecule has 2 saturated heterocycles. The number of ketones is 1. The average molecular weight is 387 g/mol. The molecule has 0 aliphatic carbocycles. The number of rotatable bonds is 6. The van der Waals surface area contributed by atoms with E-state index in [0.717, 1.165) is 24.0 Å². The van der Waals surface area contributed by atoms with Gasteiger partial charge in [-0.3, -0.25) is 14.4 Å². The van der Waals surface area contributed by atoms with Gasteiger partial charge in [-0.05, 0) is 50.7 Å². The number of hydrogen-bond acceptors (Lipinski definition) is 4. The molecule has 152 valence electrons. The van der Waals surface area contributed by atoms with Crippen molar-refractivity contribution in [3.63, 3.8) is 0 Å². The van der Waals surface area contributed by atoms with Crippen LogP contribution in [0.1, 0.15) is 53.6 Å². The van der Waals surface area contributed by atoms with Gasteiger partial charge >= 0.3 is 5.97 Å². The molecule has 1 aromatic rings. The number of carbonyl (C=O) groups excluding carboxylic acids is 2. The predicted molar refractivity (Wildman–Crippen MR) is 104 cm³/mol. The van der Waals surface area contributed by atoms with Crippen LogP contribution in [0.15, 0.2) is 18.2 Å². The van der Waals surface area contributed by atoms with Crippen LogP contribution in [-0.4, -0.2) is 53.5 Å². The van der Waals surface area contributed by atoms with Gasteiger partial charge in [0.2, 0.25) is 5.91 Å². The number of carboxylic acids is 1. The Morgan fingerprint density at radius 3 is 2.50 bits per heavy atom. The predicted octanol–water partition coefficient (Wildman–Crippen LogP) is 2.99. The van der Waals surface area contributed by atoms with Crippen molar-refractivity contribution in [2.75, 3.05) is 19.7 Å². The molecule has 28 heavy (non-hydrogen) atoms. The van der Waals surface area contributed by atoms with Gasteiger partial charge in [-0.1, -0.05) is 17.7 Å². The van der Waals surface area contributed by atoms with E-state index in [-0.39, 0.29) is 36.6 Å². The third-order valence-corrected chi connectivity index (χ3v) is 6.07. The molecule has 2 heterocycles. The number of carboxylic acid groups (broad SMARTS) is 1. The fourth-order valence-corrected chi connectivity index (χ4v) is 4.37. The number of hydrogen-bond donors (Lipinski definition) is 1. The van der Waals surface area contributed by atoms with Gasteiger partial charge in [-0.25, -0.2) is 0 Å². The maximum atomic E-state index is 12.5. The van der Waals surface area contributed by atoms with Crippen LogP contribution in [0.5, 0.6) is 0 Å². The van der Waals surface area contributed by atoms with Crippen LogP contribution in [-0.2, 0) is 14.3 Å². The molecule has 1 unspecified atom stereocenters. The highest BCUT2D eigenvalue weighted by molar-refractivity contribution is 5.99. The summed E-state index contributed by atoms with van der Waals surface area (Å²) in [4.78, 5) is 38.2. The lowest BCUT2D eigenvalue weighted by atomic mass is 9.84. The van der Waals surface area contributed by atoms with E-state index in [4.69, 9.17) is 4.74 Å². The lowest BCUT2D eigenvalue weighted by Crippen LogP contribution is -2.43. The Labute approximate surface area is 165 Å². The molecule has 1 amide bonds. The van der Waals surface area contributed by atoms with Gasteiger partial charge in [0.15, 0.2) is 5.78 Å². The lowest BCUT2D eigenvalue weighted by Gasteiger charge is -2.35. The highest BCUT2D eigenvalue weighted by Crippen LogP contribution is 2.33. The van der Waals surface area contributed by atoms with Crippen molar-refractivity contribution < 1.29 is 24.2 Å². The summed E-state index contributed by atoms with van der Waals surface area (Å²) in [6.45, 7) is 5.57. The normalized spacial score (nSPS) is 23.0. The zero-order valence-electron chi connectivity index (χ0n) is 16.6. The Hall–Kier alpha value is -2.21. The van der Waals surface area contributed by atoms with Crippen LogP contribution in [0.2, 0.25) is 0 Å². The number of likely N-dealkylation sites (tertiary alicyclic amines) is 1. The minimum Gasteiger partial charge on any atom is -0.481 e. The summed E-state index contributed by atoms with van der Waals surface area (Å²) in [6, 6.07) is 5.79. The molecule has 0 radical (unpaired) electrons. The summed E-state index contributed by atoms with van der Waals surface area (Å²) in [5.74, 6) is -1.02. The smallest absolute Gasteiger partial charge is 0.309 e. The van der Waals surface area contributed by atoms with Crippen molar-refractivity contribution in [1.29, 1.82) is 0 Å². The third kappa shape index (κ3) is 4.61. The number of Topliss-reactive ketones (excluding diaryl/α,β-unsaturated/α-hetero) is 1. The summed E-state index contributed by atoms with van der Waals surface area (Å²) in [7, 11) is 0. The lowest BCUT2D eigenvalue weighted by molar-refractivity contribution is -0.146. The number of piperidine rings is 1. The highest BCUT2D eigenvalue weighted by Gasteiger charge is 2.40. The number of ether oxygens (including phenoxy) is 1. The molecular formula is C22H29NO5. The first-order chi connectivity index (χ1) is 13.4. The minimum atomic E-state index is -0.786. The number of aryl methyl sites for hydroxylation is 2. The molecule has 0 bridgehead atoms. The van der Waals surface area contributed by atoms with Gasteiger partial charge in [0.05, 0.1) is 12.0 Å². The van der Waals surface area contributed by atoms with Gasteiger partial charge in [0, 0.05) is 38.1 Å². The molecule has 2 atom stereocenters. The molecule has 1 N–H and O–H groups in total. The maximum Gasteiger partial charge on any atom is 0.309 e. The largest absolute Gasteiger partial charge is 0.481 e. The quantitative estimate of drug-likeness (QED) is 0.759. The Morgan fingerprint density at radius 1 is 1.11 bits per heavy atom. The minimum absolute atomic E-state index is 0.000712. The molecule has 3 rings (SSSR count). The second-order valence-corrected chi connectivity index (χ2v) is 8.03. The summed E-state index contributed by atoms with van der Waals surface area (Å²) >= 11 is 0. The fraction of sp³-hybridized carbons (Fsp3) is 0.591. The first kappa shape index (κ1) is 20.5. The number of amides is 1. The van der Waals surface area contributed by atoms with Crippen molar-refractivity contribution in [3.05, 3.63) is 34.9 Å². The summed E-state index contributed by atoms with van der Waals surface area (Å²) < 4.78 is 5.68. The second kappa shape index (κ2) is 8.86. The Morgan fingerprint density at radius 2 is 1.82 bits per heavy atom. The monoisotopic (exact) mass is 387 g/mol. The van der Waals surface area contributed by atoms with Crippen LogP contribution >= 0.6 is 0 Å². The van der Waals surface area contributed by atoms with Crippen molar-refractivity contribution in [1.82, 2.24) is 4.90 Å². The first-order valence-electron chi connectivity index (χ1n) is 10.1. The first-order valence-corrected chi connectivity index (χ1v) is 10.1. The topological polar surface area (TPSA) is 83.9 Å². The van der Waals surface area contributed by atoms with Crippen LogP contribution < -0.4 is 0 Å². The maximum absolute atomic E-state index is 12.5. The molecule has 2 aliphatic rings. The second-order valence-electron chi connectivity index (χ2n) is 8.03. The molecule has 6 heteroatoms. The standard InChI is InChI=1S/C22H29NO5/c1-14-3-4-15(2)18(13-14)19(24)5-6-20(25)23-10-7-16(8-11-23)21-17(22(26)27)9-12-28-21/h3-4,13,16-17,21H,5-12H2,1-2H3,(H,26,27)/t17?,21-/m0/s1. The van der Waals surface area contributed by atoms with Crippen LogP contribution in [0.25, 0.3) is 0 Å². The summed E-state index contributed by atoms with van der Waals surface area (Å²) in [6.07, 6.45) is 2.28. The van der Waals surface area contributed by atoms with Crippen molar-refractivity contribution in [2.24, 2.45) is 11.8 Å². The van der Waals surface area contributed by atoms with E-state index < -0.39 is 11.9 Å². The molecular weight excluding hydrogens is 358 g/mol. The van der Waals surface area contributed by atoms with Crippen LogP contribution in [0.4, 0.5) is 0 Å². The van der Waals surface area contributed by atoms with E-state index in [2.05, 4.69) is 0 Å². The van der Waals surface area contributed by atoms with Crippen molar-refractivity contribution >= 4 is 17.7 Å². The zero-order chi connectivity index (χ0) is 20.3. The molecule has 2 aliphatic heterocycles. The highest BCUT2D eigenvalue weighted by atomic mass is 16.5. The van der Waals surface area contributed by atoms with Crippen LogP contribution in [0.3, 0.4) is 0 Å². The molecule has 0 spiro atoms. The Kier molecular flexibility index (Phi) is 6.50. The van der Waals surface area contributed by atoms with Crippen molar-refractivity contribution in [2.45, 2.75) is 52.1 Å². The number of nitrogens with zero attached hydrogens (tertiary/aromatic N) is 1. The van der Waals surface area contributed by atoms with Gasteiger partial charge in [0.1, 0.15) is 0 Å². The van der Waals surface area contributed by atoms with Gasteiger partial charge < -0.3 is 14.7 Å². The average Bonchev–Trinajstić information content (AvgIpc) is 3.18. The van der Waals surface area contributed by atoms with Crippen molar-refractivity contribution in [3.8, 4) is 0 Å². The van der Waals surface area contributed by atoms with E-state index >= 15 is 0 Å². The summed E-state index contributed by atoms with van der Waals surface area (Å²) in [5.41, 5.74) is 2.68. The SMILES string of the molecule is Cc1ccc(C)c(C(=O)CCC(=O)N2CCC([C@@H]3OCCC3C(=O)O)CC2)c1. The van der Waals surface area contributed by atoms with E-state index in [1.165, 1.54) is 0 Å². The molecule has 6 nitrogen and oxygen atoms in total. The molecule has 2 fully saturated rings. The fourth-order valence-electron chi connectivity index (χ4n) is 4.37. The third-order valence-electron chi connectivity index (χ3n) is 6.07. The van der Waals surface area contributed by atoms with Gasteiger partial charge in [0.25, 0.3) is 0 Å². The Bertz CT molecular complexity index is 751. The molecule has 0 aromatic heterocycles. The zero-order valence-corrected chi connectivity index (χ0v) is 16.6. The molecule has 1 aromatic carbocycles. The van der Waals surface area contributed by atoms with E-state index in [1.807, 2.05) is 32.0 Å². The van der Waals surface area contributed by atoms with Crippen LogP contribution in [0, 0.1) is 25.7 Å². The van der Waals surface area contributed by atoms with Gasteiger partial charge in [-0.2, -0.15) is 0 Å². The Balaban J connectivity index is 1.48.